The second kappa shape index (κ2) is 6.93. The highest BCUT2D eigenvalue weighted by atomic mass is 16.3. The lowest BCUT2D eigenvalue weighted by Gasteiger charge is -2.27. The molecule has 0 radical (unpaired) electrons. The van der Waals surface area contributed by atoms with Crippen molar-refractivity contribution >= 4 is 5.91 Å². The van der Waals surface area contributed by atoms with E-state index < -0.39 is 0 Å². The summed E-state index contributed by atoms with van der Waals surface area (Å²) in [5, 5.41) is 12.8. The molecule has 1 fully saturated rings. The first-order valence-corrected chi connectivity index (χ1v) is 7.38. The van der Waals surface area contributed by atoms with Gasteiger partial charge in [-0.2, -0.15) is 0 Å². The lowest BCUT2D eigenvalue weighted by molar-refractivity contribution is -0.120. The van der Waals surface area contributed by atoms with Crippen LogP contribution < -0.4 is 5.32 Å². The van der Waals surface area contributed by atoms with Crippen LogP contribution in [0.5, 0.6) is 0 Å². The first-order chi connectivity index (χ1) is 8.75. The number of aliphatic hydroxyl groups is 1. The number of carbonyl (C=O) groups excluding carboxylic acids is 1. The van der Waals surface area contributed by atoms with E-state index in [1.54, 1.807) is 0 Å². The molecule has 102 valence electrons. The Hall–Kier alpha value is -0.830. The van der Waals surface area contributed by atoms with Gasteiger partial charge in [-0.25, -0.2) is 0 Å². The predicted molar refractivity (Wildman–Crippen MR) is 72.1 cm³/mol. The molecule has 1 saturated carbocycles. The number of amides is 1. The summed E-state index contributed by atoms with van der Waals surface area (Å²) in [7, 11) is 0. The number of nitrogens with one attached hydrogen (secondary N) is 1. The highest BCUT2D eigenvalue weighted by Gasteiger charge is 2.23. The van der Waals surface area contributed by atoms with Crippen LogP contribution in [0.4, 0.5) is 0 Å². The third-order valence-electron chi connectivity index (χ3n) is 4.20. The summed E-state index contributed by atoms with van der Waals surface area (Å²) < 4.78 is 0. The molecule has 3 heteroatoms. The van der Waals surface area contributed by atoms with Gasteiger partial charge < -0.3 is 10.4 Å². The van der Waals surface area contributed by atoms with Gasteiger partial charge in [0.2, 0.25) is 5.91 Å². The van der Waals surface area contributed by atoms with Crippen molar-refractivity contribution in [1.29, 1.82) is 0 Å². The maximum absolute atomic E-state index is 11.8. The Kier molecular flexibility index (Phi) is 5.24. The zero-order valence-corrected chi connectivity index (χ0v) is 11.2. The topological polar surface area (TPSA) is 49.3 Å². The smallest absolute Gasteiger partial charge is 0.224 e. The van der Waals surface area contributed by atoms with Crippen molar-refractivity contribution in [2.24, 2.45) is 5.92 Å². The molecule has 0 bridgehead atoms. The fourth-order valence-corrected chi connectivity index (χ4v) is 3.01. The van der Waals surface area contributed by atoms with Crippen molar-refractivity contribution in [3.63, 3.8) is 0 Å². The second-order valence-electron chi connectivity index (χ2n) is 5.70. The molecule has 3 nitrogen and oxygen atoms in total. The van der Waals surface area contributed by atoms with Crippen molar-refractivity contribution in [2.75, 3.05) is 6.54 Å². The number of rotatable bonds is 4. The van der Waals surface area contributed by atoms with Gasteiger partial charge in [0.25, 0.3) is 0 Å². The number of hydrogen-bond donors (Lipinski definition) is 2. The molecule has 1 amide bonds. The summed E-state index contributed by atoms with van der Waals surface area (Å²) in [6.07, 6.45) is 11.5. The predicted octanol–water partition coefficient (Wildman–Crippen LogP) is 2.54. The van der Waals surface area contributed by atoms with E-state index >= 15 is 0 Å². The van der Waals surface area contributed by atoms with Crippen molar-refractivity contribution in [3.8, 4) is 0 Å². The quantitative estimate of drug-likeness (QED) is 0.754. The average Bonchev–Trinajstić information content (AvgIpc) is 2.39. The van der Waals surface area contributed by atoms with E-state index in [9.17, 15) is 9.90 Å². The minimum absolute atomic E-state index is 0.126. The van der Waals surface area contributed by atoms with Gasteiger partial charge in [0, 0.05) is 18.9 Å². The fourth-order valence-electron chi connectivity index (χ4n) is 3.01. The normalized spacial score (nSPS) is 28.6. The van der Waals surface area contributed by atoms with Crippen molar-refractivity contribution < 1.29 is 9.90 Å². The van der Waals surface area contributed by atoms with Crippen LogP contribution in [0.1, 0.15) is 57.8 Å². The molecule has 2 atom stereocenters. The first kappa shape index (κ1) is 13.6. The summed E-state index contributed by atoms with van der Waals surface area (Å²) in [6.45, 7) is 0.646. The van der Waals surface area contributed by atoms with Gasteiger partial charge in [-0.05, 0) is 38.5 Å². The molecule has 0 heterocycles. The Morgan fingerprint density at radius 2 is 2.11 bits per heavy atom. The molecule has 2 unspecified atom stereocenters. The molecule has 2 aliphatic carbocycles. The van der Waals surface area contributed by atoms with E-state index in [0.717, 1.165) is 32.1 Å². The lowest BCUT2D eigenvalue weighted by atomic mass is 9.86. The largest absolute Gasteiger partial charge is 0.393 e. The van der Waals surface area contributed by atoms with E-state index in [1.807, 2.05) is 0 Å². The van der Waals surface area contributed by atoms with Crippen LogP contribution in [-0.2, 0) is 4.79 Å². The molecule has 0 aliphatic heterocycles. The monoisotopic (exact) mass is 251 g/mol. The van der Waals surface area contributed by atoms with Crippen molar-refractivity contribution in [2.45, 2.75) is 63.9 Å². The third-order valence-corrected chi connectivity index (χ3v) is 4.20. The Morgan fingerprint density at radius 3 is 2.83 bits per heavy atom. The van der Waals surface area contributed by atoms with Gasteiger partial charge in [-0.15, -0.1) is 0 Å². The third kappa shape index (κ3) is 4.13. The van der Waals surface area contributed by atoms with Crippen LogP contribution in [0.25, 0.3) is 0 Å². The SMILES string of the molecule is O=C(CC1=CCCCC1)NCC1CCCCC1O. The van der Waals surface area contributed by atoms with Gasteiger partial charge in [0.1, 0.15) is 0 Å². The number of hydrogen-bond acceptors (Lipinski definition) is 2. The molecule has 2 rings (SSSR count). The van der Waals surface area contributed by atoms with Crippen LogP contribution in [0.2, 0.25) is 0 Å². The first-order valence-electron chi connectivity index (χ1n) is 7.38. The van der Waals surface area contributed by atoms with Crippen LogP contribution in [0, 0.1) is 5.92 Å². The fraction of sp³-hybridized carbons (Fsp3) is 0.800. The number of aliphatic hydroxyl groups excluding tert-OH is 1. The van der Waals surface area contributed by atoms with E-state index in [0.29, 0.717) is 13.0 Å². The molecule has 2 aliphatic rings. The van der Waals surface area contributed by atoms with Crippen molar-refractivity contribution in [1.82, 2.24) is 5.32 Å². The van der Waals surface area contributed by atoms with Crippen LogP contribution in [-0.4, -0.2) is 23.7 Å². The van der Waals surface area contributed by atoms with E-state index in [4.69, 9.17) is 0 Å². The summed E-state index contributed by atoms with van der Waals surface area (Å²) in [5.41, 5.74) is 1.29. The molecule has 0 aromatic rings. The number of carbonyl (C=O) groups is 1. The van der Waals surface area contributed by atoms with Crippen LogP contribution in [0.15, 0.2) is 11.6 Å². The van der Waals surface area contributed by atoms with Crippen molar-refractivity contribution in [3.05, 3.63) is 11.6 Å². The average molecular weight is 251 g/mol. The Labute approximate surface area is 110 Å². The molecule has 0 spiro atoms. The van der Waals surface area contributed by atoms with E-state index in [2.05, 4.69) is 11.4 Å². The van der Waals surface area contributed by atoms with Gasteiger partial charge in [-0.1, -0.05) is 24.5 Å². The lowest BCUT2D eigenvalue weighted by Crippen LogP contribution is -2.36. The maximum Gasteiger partial charge on any atom is 0.224 e. The molecule has 18 heavy (non-hydrogen) atoms. The summed E-state index contributed by atoms with van der Waals surface area (Å²) in [6, 6.07) is 0. The molecule has 2 N–H and O–H groups in total. The Balaban J connectivity index is 1.69. The standard InChI is InChI=1S/C15H25NO2/c17-14-9-5-4-8-13(14)11-16-15(18)10-12-6-2-1-3-7-12/h6,13-14,17H,1-5,7-11H2,(H,16,18). The second-order valence-corrected chi connectivity index (χ2v) is 5.70. The number of allylic oxidation sites excluding steroid dienone is 1. The Morgan fingerprint density at radius 1 is 1.28 bits per heavy atom. The summed E-state index contributed by atoms with van der Waals surface area (Å²) >= 11 is 0. The summed E-state index contributed by atoms with van der Waals surface area (Å²) in [4.78, 5) is 11.8. The zero-order valence-electron chi connectivity index (χ0n) is 11.2. The van der Waals surface area contributed by atoms with Crippen LogP contribution >= 0.6 is 0 Å². The highest BCUT2D eigenvalue weighted by Crippen LogP contribution is 2.24. The molecular formula is C15H25NO2. The maximum atomic E-state index is 11.8. The van der Waals surface area contributed by atoms with Gasteiger partial charge >= 0.3 is 0 Å². The van der Waals surface area contributed by atoms with E-state index in [1.165, 1.54) is 24.8 Å². The zero-order chi connectivity index (χ0) is 12.8. The van der Waals surface area contributed by atoms with Gasteiger partial charge in [-0.3, -0.25) is 4.79 Å². The molecule has 0 aromatic carbocycles. The highest BCUT2D eigenvalue weighted by molar-refractivity contribution is 5.78. The van der Waals surface area contributed by atoms with Gasteiger partial charge in [0.05, 0.1) is 6.10 Å². The van der Waals surface area contributed by atoms with Gasteiger partial charge in [0.15, 0.2) is 0 Å². The molecule has 0 saturated heterocycles. The van der Waals surface area contributed by atoms with E-state index in [-0.39, 0.29) is 17.9 Å². The minimum atomic E-state index is -0.215. The minimum Gasteiger partial charge on any atom is -0.393 e. The summed E-state index contributed by atoms with van der Waals surface area (Å²) in [5.74, 6) is 0.393. The Bertz CT molecular complexity index is 312. The molecule has 0 aromatic heterocycles. The van der Waals surface area contributed by atoms with Crippen LogP contribution in [0.3, 0.4) is 0 Å². The molecular weight excluding hydrogens is 226 g/mol.